The number of aromatic nitrogens is 2. The van der Waals surface area contributed by atoms with E-state index in [1.807, 2.05) is 22.8 Å². The van der Waals surface area contributed by atoms with Gasteiger partial charge >= 0.3 is 6.09 Å². The third-order valence-corrected chi connectivity index (χ3v) is 5.66. The van der Waals surface area contributed by atoms with Crippen molar-refractivity contribution in [2.24, 2.45) is 5.73 Å². The second kappa shape index (κ2) is 8.46. The highest BCUT2D eigenvalue weighted by molar-refractivity contribution is 6.76. The largest absolute Gasteiger partial charge is 0.465 e. The van der Waals surface area contributed by atoms with Gasteiger partial charge in [0.15, 0.2) is 0 Å². The first kappa shape index (κ1) is 19.4. The lowest BCUT2D eigenvalue weighted by atomic mass is 10.1. The maximum absolute atomic E-state index is 10.8. The number of nitrogens with two attached hydrogens (primary N) is 1. The number of para-hydroxylation sites is 1. The van der Waals surface area contributed by atoms with Gasteiger partial charge in [0.2, 0.25) is 0 Å². The molecule has 0 unspecified atom stereocenters. The van der Waals surface area contributed by atoms with Gasteiger partial charge < -0.3 is 25.5 Å². The molecule has 1 aromatic heterocycles. The number of hydrogen-bond acceptors (Lipinski definition) is 4. The maximum Gasteiger partial charge on any atom is 0.405 e. The van der Waals surface area contributed by atoms with Crippen LogP contribution in [0.3, 0.4) is 0 Å². The quantitative estimate of drug-likeness (QED) is 0.469. The van der Waals surface area contributed by atoms with Crippen LogP contribution in [-0.2, 0) is 24.4 Å². The monoisotopic (exact) mass is 364 g/mol. The molecule has 8 heteroatoms. The molecule has 0 saturated heterocycles. The number of ether oxygens (including phenoxy) is 1. The van der Waals surface area contributed by atoms with Crippen molar-refractivity contribution >= 4 is 25.2 Å². The lowest BCUT2D eigenvalue weighted by Crippen LogP contribution is -2.24. The minimum Gasteiger partial charge on any atom is -0.465 e. The fourth-order valence-corrected chi connectivity index (χ4v) is 3.38. The normalized spacial score (nSPS) is 11.8. The van der Waals surface area contributed by atoms with E-state index >= 15 is 0 Å². The van der Waals surface area contributed by atoms with E-state index in [9.17, 15) is 4.79 Å². The number of nitrogens with zero attached hydrogens (tertiary/aromatic N) is 2. The summed E-state index contributed by atoms with van der Waals surface area (Å²) in [5.74, 6) is 0.648. The first-order valence-electron chi connectivity index (χ1n) is 8.53. The van der Waals surface area contributed by atoms with Gasteiger partial charge in [0, 0.05) is 14.7 Å². The number of carboxylic acid groups (broad SMARTS) is 1. The van der Waals surface area contributed by atoms with Crippen molar-refractivity contribution in [3.05, 3.63) is 29.6 Å². The minimum absolute atomic E-state index is 0.142. The van der Waals surface area contributed by atoms with Gasteiger partial charge in [0.25, 0.3) is 0 Å². The number of amides is 1. The van der Waals surface area contributed by atoms with E-state index in [2.05, 4.69) is 29.9 Å². The molecule has 0 bridgehead atoms. The predicted octanol–water partition coefficient (Wildman–Crippen LogP) is 2.62. The van der Waals surface area contributed by atoms with Crippen molar-refractivity contribution in [2.75, 3.05) is 13.2 Å². The van der Waals surface area contributed by atoms with Crippen LogP contribution in [0.1, 0.15) is 11.4 Å². The van der Waals surface area contributed by atoms with Crippen LogP contribution in [0.15, 0.2) is 18.2 Å². The third kappa shape index (κ3) is 5.55. The van der Waals surface area contributed by atoms with Gasteiger partial charge in [0.05, 0.1) is 17.6 Å². The number of fused-ring (bicyclic) bond motifs is 1. The zero-order valence-electron chi connectivity index (χ0n) is 15.2. The minimum atomic E-state index is -1.16. The van der Waals surface area contributed by atoms with Crippen molar-refractivity contribution < 1.29 is 14.6 Å². The Kier molecular flexibility index (Phi) is 6.57. The molecule has 2 aromatic rings. The van der Waals surface area contributed by atoms with Crippen molar-refractivity contribution in [1.29, 1.82) is 0 Å². The van der Waals surface area contributed by atoms with Crippen molar-refractivity contribution in [3.8, 4) is 0 Å². The van der Waals surface area contributed by atoms with Gasteiger partial charge in [-0.1, -0.05) is 31.8 Å². The highest BCUT2D eigenvalue weighted by Crippen LogP contribution is 2.22. The highest BCUT2D eigenvalue weighted by atomic mass is 28.3. The summed E-state index contributed by atoms with van der Waals surface area (Å²) < 4.78 is 7.85. The Hall–Kier alpha value is -1.90. The summed E-state index contributed by atoms with van der Waals surface area (Å²) in [6, 6.07) is 6.99. The van der Waals surface area contributed by atoms with Crippen LogP contribution < -0.4 is 11.1 Å². The average molecular weight is 365 g/mol. The summed E-state index contributed by atoms with van der Waals surface area (Å²) in [7, 11) is -1.16. The van der Waals surface area contributed by atoms with Gasteiger partial charge in [-0.2, -0.15) is 0 Å². The van der Waals surface area contributed by atoms with E-state index in [0.29, 0.717) is 25.7 Å². The van der Waals surface area contributed by atoms with Crippen LogP contribution in [0.4, 0.5) is 4.79 Å². The van der Waals surface area contributed by atoms with E-state index in [4.69, 9.17) is 15.6 Å². The fourth-order valence-electron chi connectivity index (χ4n) is 2.63. The third-order valence-electron chi connectivity index (χ3n) is 3.96. The Morgan fingerprint density at radius 1 is 1.40 bits per heavy atom. The Labute approximate surface area is 149 Å². The van der Waals surface area contributed by atoms with Gasteiger partial charge in [-0.25, -0.2) is 9.78 Å². The van der Waals surface area contributed by atoms with Crippen LogP contribution >= 0.6 is 0 Å². The lowest BCUT2D eigenvalue weighted by molar-refractivity contribution is 0.0875. The molecule has 0 radical (unpaired) electrons. The second-order valence-electron chi connectivity index (χ2n) is 7.29. The van der Waals surface area contributed by atoms with Gasteiger partial charge in [-0.15, -0.1) is 0 Å². The summed E-state index contributed by atoms with van der Waals surface area (Å²) in [6.07, 6.45) is -0.329. The summed E-state index contributed by atoms with van der Waals surface area (Å²) in [5.41, 5.74) is 8.64. The topological polar surface area (TPSA) is 102 Å². The molecule has 7 nitrogen and oxygen atoms in total. The summed E-state index contributed by atoms with van der Waals surface area (Å²) in [4.78, 5) is 15.4. The lowest BCUT2D eigenvalue weighted by Gasteiger charge is -2.17. The number of nitrogens with one attached hydrogen (secondary N) is 1. The average Bonchev–Trinajstić information content (AvgIpc) is 2.88. The molecule has 1 heterocycles. The number of hydrogen-bond donors (Lipinski definition) is 3. The first-order valence-corrected chi connectivity index (χ1v) is 12.2. The van der Waals surface area contributed by atoms with E-state index < -0.39 is 14.2 Å². The van der Waals surface area contributed by atoms with Gasteiger partial charge in [0.1, 0.15) is 12.6 Å². The molecule has 138 valence electrons. The van der Waals surface area contributed by atoms with Crippen LogP contribution in [0.2, 0.25) is 25.7 Å². The Morgan fingerprint density at radius 3 is 2.80 bits per heavy atom. The predicted molar refractivity (Wildman–Crippen MR) is 101 cm³/mol. The highest BCUT2D eigenvalue weighted by Gasteiger charge is 2.16. The van der Waals surface area contributed by atoms with E-state index in [-0.39, 0.29) is 6.54 Å². The molecule has 0 atom stereocenters. The molecular weight excluding hydrogens is 336 g/mol. The molecule has 4 N–H and O–H groups in total. The van der Waals surface area contributed by atoms with Crippen molar-refractivity contribution in [2.45, 2.75) is 45.4 Å². The summed E-state index contributed by atoms with van der Waals surface area (Å²) in [5, 5.41) is 11.3. The molecule has 0 aliphatic carbocycles. The fraction of sp³-hybridized carbons (Fsp3) is 0.529. The Bertz CT molecular complexity index is 724. The van der Waals surface area contributed by atoms with Gasteiger partial charge in [-0.3, -0.25) is 0 Å². The van der Waals surface area contributed by atoms with Crippen LogP contribution in [0, 0.1) is 0 Å². The molecule has 0 fully saturated rings. The molecule has 25 heavy (non-hydrogen) atoms. The molecule has 1 amide bonds. The Morgan fingerprint density at radius 2 is 2.16 bits per heavy atom. The van der Waals surface area contributed by atoms with Crippen molar-refractivity contribution in [3.63, 3.8) is 0 Å². The molecule has 0 aliphatic heterocycles. The van der Waals surface area contributed by atoms with Crippen molar-refractivity contribution in [1.82, 2.24) is 14.9 Å². The number of rotatable bonds is 9. The van der Waals surface area contributed by atoms with Gasteiger partial charge in [-0.05, 0) is 30.6 Å². The smallest absolute Gasteiger partial charge is 0.405 e. The van der Waals surface area contributed by atoms with E-state index in [1.54, 1.807) is 0 Å². The molecular formula is C17H28N4O3Si. The number of benzene rings is 1. The standard InChI is InChI=1S/C17H28N4O3Si/c1-25(2,3)10-9-24-12-21-15(11-19-17(22)23)20-14-6-4-5-13(7-8-18)16(14)21/h4-6,19H,7-12,18H2,1-3H3,(H,22,23). The zero-order valence-corrected chi connectivity index (χ0v) is 16.2. The van der Waals surface area contributed by atoms with E-state index in [0.717, 1.165) is 29.1 Å². The molecule has 0 aliphatic rings. The summed E-state index contributed by atoms with van der Waals surface area (Å²) >= 11 is 0. The van der Waals surface area contributed by atoms with Crippen LogP contribution in [0.5, 0.6) is 0 Å². The van der Waals surface area contributed by atoms with Crippen LogP contribution in [0.25, 0.3) is 11.0 Å². The Balaban J connectivity index is 2.27. The van der Waals surface area contributed by atoms with E-state index in [1.165, 1.54) is 0 Å². The molecule has 2 rings (SSSR count). The maximum atomic E-state index is 10.8. The second-order valence-corrected chi connectivity index (χ2v) is 12.9. The summed E-state index contributed by atoms with van der Waals surface area (Å²) in [6.45, 7) is 8.67. The first-order chi connectivity index (χ1) is 11.8. The number of carbonyl (C=O) groups is 1. The number of imidazole rings is 1. The zero-order chi connectivity index (χ0) is 18.4. The molecule has 1 aromatic carbocycles. The molecule has 0 saturated carbocycles. The molecule has 0 spiro atoms. The SMILES string of the molecule is C[Si](C)(C)CCOCn1c(CNC(=O)O)nc2cccc(CCN)c21. The van der Waals surface area contributed by atoms with Crippen LogP contribution in [-0.4, -0.2) is 42.0 Å².